The van der Waals surface area contributed by atoms with Crippen molar-refractivity contribution in [2.45, 2.75) is 62.8 Å². The number of imide groups is 2. The number of carbonyl (C=O) groups excluding carboxylic acids is 4. The quantitative estimate of drug-likeness (QED) is 0.443. The van der Waals surface area contributed by atoms with Crippen LogP contribution in [0.15, 0.2) is 0 Å². The monoisotopic (exact) mass is 579 g/mol. The van der Waals surface area contributed by atoms with Crippen molar-refractivity contribution in [1.29, 1.82) is 0 Å². The average Bonchev–Trinajstić information content (AvgIpc) is 2.41. The van der Waals surface area contributed by atoms with Crippen molar-refractivity contribution in [3.63, 3.8) is 0 Å². The molecule has 6 nitrogen and oxygen atoms in total. The largest absolute Gasteiger partial charge is 0.286 e. The third kappa shape index (κ3) is 34.4. The fourth-order valence-electron chi connectivity index (χ4n) is 0.443. The first-order valence-electron chi connectivity index (χ1n) is 6.61. The molecule has 0 aromatic heterocycles. The molecule has 0 aromatic carbocycles. The molecule has 0 aromatic rings. The first-order valence-corrected chi connectivity index (χ1v) is 6.61. The maximum atomic E-state index is 10.3. The van der Waals surface area contributed by atoms with Crippen LogP contribution >= 0.6 is 0 Å². The molecule has 23 heavy (non-hydrogen) atoms. The van der Waals surface area contributed by atoms with Gasteiger partial charge in [0.05, 0.1) is 0 Å². The van der Waals surface area contributed by atoms with Gasteiger partial charge in [-0.25, -0.2) is 0 Å². The Bertz CT molecular complexity index is 256. The first kappa shape index (κ1) is 43.5. The molecule has 0 saturated carbocycles. The zero-order valence-electron chi connectivity index (χ0n) is 15.5. The van der Waals surface area contributed by atoms with Gasteiger partial charge < -0.3 is 0 Å². The van der Waals surface area contributed by atoms with E-state index >= 15 is 0 Å². The van der Waals surface area contributed by atoms with E-state index in [9.17, 15) is 19.2 Å². The Morgan fingerprint density at radius 2 is 0.652 bits per heavy atom. The summed E-state index contributed by atoms with van der Waals surface area (Å²) in [5.41, 5.74) is 0. The summed E-state index contributed by atoms with van der Waals surface area (Å²) in [4.78, 5) is 43.3. The van der Waals surface area contributed by atoms with E-state index in [0.29, 0.717) is 0 Å². The van der Waals surface area contributed by atoms with Gasteiger partial charge in [-0.1, -0.05) is 35.1 Å². The van der Waals surface area contributed by atoms with Crippen LogP contribution in [0.3, 0.4) is 0 Å². The molecule has 0 aliphatic rings. The molecule has 0 atom stereocenters. The number of carbonyl (C=O) groups is 4. The van der Waals surface area contributed by atoms with Gasteiger partial charge in [-0.3, -0.25) is 29.0 Å². The van der Waals surface area contributed by atoms with Gasteiger partial charge in [-0.05, 0) is 0 Å². The van der Waals surface area contributed by atoms with Gasteiger partial charge in [0.2, 0.25) is 23.6 Å². The topological polar surface area (TPSA) is 74.8 Å². The van der Waals surface area contributed by atoms with Gasteiger partial charge in [-0.15, -0.1) is 0 Å². The van der Waals surface area contributed by atoms with Gasteiger partial charge >= 0.3 is 0 Å². The molecule has 0 fully saturated rings. The molecular formula is C15H34N2O4WY. The summed E-state index contributed by atoms with van der Waals surface area (Å²) < 4.78 is 0. The SMILES string of the molecule is C.CC.CC.CC(=O)N(C)C(C)=O.CC(=O)N(C)C(C)=O.[W].[Y]. The van der Waals surface area contributed by atoms with Crippen LogP contribution in [0.4, 0.5) is 0 Å². The molecule has 0 N–H and O–H groups in total. The van der Waals surface area contributed by atoms with Gasteiger partial charge in [-0.2, -0.15) is 0 Å². The van der Waals surface area contributed by atoms with Crippen LogP contribution < -0.4 is 0 Å². The molecule has 137 valence electrons. The number of hydrogen-bond acceptors (Lipinski definition) is 4. The number of rotatable bonds is 0. The van der Waals surface area contributed by atoms with E-state index in [1.54, 1.807) is 0 Å². The van der Waals surface area contributed by atoms with Gasteiger partial charge in [0.15, 0.2) is 0 Å². The van der Waals surface area contributed by atoms with Crippen LogP contribution in [0.1, 0.15) is 62.8 Å². The van der Waals surface area contributed by atoms with Crippen molar-refractivity contribution in [2.75, 3.05) is 14.1 Å². The number of nitrogens with zero attached hydrogens (tertiary/aromatic N) is 2. The van der Waals surface area contributed by atoms with Crippen molar-refractivity contribution in [3.8, 4) is 0 Å². The normalized spacial score (nSPS) is 6.35. The minimum atomic E-state index is -0.225. The Morgan fingerprint density at radius 3 is 0.652 bits per heavy atom. The molecule has 0 aliphatic heterocycles. The summed E-state index contributed by atoms with van der Waals surface area (Å²) in [6, 6.07) is 0. The van der Waals surface area contributed by atoms with Crippen LogP contribution in [-0.2, 0) is 73.0 Å². The maximum absolute atomic E-state index is 10.3. The molecule has 0 spiro atoms. The summed E-state index contributed by atoms with van der Waals surface area (Å²) >= 11 is 0. The standard InChI is InChI=1S/2C5H9NO2.2C2H6.CH4.W.Y/c2*1-4(7)6(3)5(2)8;2*1-2;;;/h2*1-3H3;2*1-2H3;1H4;;. The first-order chi connectivity index (χ1) is 9.11. The molecule has 0 unspecified atom stereocenters. The van der Waals surface area contributed by atoms with E-state index in [2.05, 4.69) is 0 Å². The molecule has 0 heterocycles. The van der Waals surface area contributed by atoms with E-state index in [-0.39, 0.29) is 84.8 Å². The molecule has 0 bridgehead atoms. The Morgan fingerprint density at radius 1 is 0.565 bits per heavy atom. The second-order valence-electron chi connectivity index (χ2n) is 3.19. The van der Waals surface area contributed by atoms with E-state index in [1.807, 2.05) is 27.7 Å². The smallest absolute Gasteiger partial charge is 0.225 e. The van der Waals surface area contributed by atoms with E-state index < -0.39 is 0 Å². The summed E-state index contributed by atoms with van der Waals surface area (Å²) in [7, 11) is 2.90. The summed E-state index contributed by atoms with van der Waals surface area (Å²) in [6.07, 6.45) is 0. The molecule has 8 heteroatoms. The molecule has 0 rings (SSSR count). The van der Waals surface area contributed by atoms with Crippen molar-refractivity contribution < 1.29 is 73.0 Å². The van der Waals surface area contributed by atoms with Crippen molar-refractivity contribution >= 4 is 23.6 Å². The maximum Gasteiger partial charge on any atom is 0.225 e. The Kier molecular flexibility index (Phi) is 56.8. The summed E-state index contributed by atoms with van der Waals surface area (Å²) in [5.74, 6) is -0.898. The molecule has 1 radical (unpaired) electrons. The molecular weight excluding hydrogens is 545 g/mol. The number of hydrogen-bond donors (Lipinski definition) is 0. The minimum absolute atomic E-state index is 0. The van der Waals surface area contributed by atoms with Crippen LogP contribution in [0.2, 0.25) is 0 Å². The Hall–Kier alpha value is 0.0722. The van der Waals surface area contributed by atoms with Crippen molar-refractivity contribution in [2.24, 2.45) is 0 Å². The van der Waals surface area contributed by atoms with Gasteiger partial charge in [0.1, 0.15) is 0 Å². The fraction of sp³-hybridized carbons (Fsp3) is 0.733. The molecule has 4 amide bonds. The van der Waals surface area contributed by atoms with Crippen LogP contribution in [0.5, 0.6) is 0 Å². The van der Waals surface area contributed by atoms with E-state index in [4.69, 9.17) is 0 Å². The predicted molar refractivity (Wildman–Crippen MR) is 87.7 cm³/mol. The third-order valence-electron chi connectivity index (χ3n) is 1.89. The zero-order chi connectivity index (χ0) is 17.5. The Balaban J connectivity index is -0.0000000329. The minimum Gasteiger partial charge on any atom is -0.286 e. The third-order valence-corrected chi connectivity index (χ3v) is 1.89. The summed E-state index contributed by atoms with van der Waals surface area (Å²) in [5, 5.41) is 0. The molecule has 0 saturated heterocycles. The van der Waals surface area contributed by atoms with Gasteiger partial charge in [0, 0.05) is 95.6 Å². The molecule has 0 aliphatic carbocycles. The number of amides is 4. The van der Waals surface area contributed by atoms with E-state index in [0.717, 1.165) is 9.80 Å². The predicted octanol–water partition coefficient (Wildman–Crippen LogP) is 2.71. The fourth-order valence-corrected chi connectivity index (χ4v) is 0.443. The van der Waals surface area contributed by atoms with E-state index in [1.165, 1.54) is 41.8 Å². The van der Waals surface area contributed by atoms with Crippen LogP contribution in [-0.4, -0.2) is 47.5 Å². The Labute approximate surface area is 182 Å². The second-order valence-corrected chi connectivity index (χ2v) is 3.19. The summed E-state index contributed by atoms with van der Waals surface area (Å²) in [6.45, 7) is 13.4. The van der Waals surface area contributed by atoms with Crippen LogP contribution in [0.25, 0.3) is 0 Å². The second kappa shape index (κ2) is 30.0. The van der Waals surface area contributed by atoms with Crippen molar-refractivity contribution in [3.05, 3.63) is 0 Å². The van der Waals surface area contributed by atoms with Crippen molar-refractivity contribution in [1.82, 2.24) is 9.80 Å². The van der Waals surface area contributed by atoms with Crippen LogP contribution in [0, 0.1) is 0 Å². The average molecular weight is 579 g/mol. The van der Waals surface area contributed by atoms with Gasteiger partial charge in [0.25, 0.3) is 0 Å². The zero-order valence-corrected chi connectivity index (χ0v) is 21.3.